The Bertz CT molecular complexity index is 511. The Hall–Kier alpha value is -1.18. The highest BCUT2D eigenvalue weighted by molar-refractivity contribution is 7.89. The van der Waals surface area contributed by atoms with Gasteiger partial charge in [-0.3, -0.25) is 0 Å². The molecule has 0 aromatic carbocycles. The molecule has 1 aromatic heterocycles. The van der Waals surface area contributed by atoms with E-state index in [4.69, 9.17) is 0 Å². The van der Waals surface area contributed by atoms with Crippen LogP contribution in [0.2, 0.25) is 0 Å². The summed E-state index contributed by atoms with van der Waals surface area (Å²) in [5, 5.41) is 2.85. The number of sulfonamides is 1. The van der Waals surface area contributed by atoms with E-state index in [9.17, 15) is 8.42 Å². The zero-order valence-electron chi connectivity index (χ0n) is 11.3. The Morgan fingerprint density at radius 3 is 2.68 bits per heavy atom. The van der Waals surface area contributed by atoms with Crippen molar-refractivity contribution in [1.82, 2.24) is 14.6 Å². The Balaban J connectivity index is 1.89. The van der Waals surface area contributed by atoms with Gasteiger partial charge in [0.15, 0.2) is 0 Å². The van der Waals surface area contributed by atoms with Crippen molar-refractivity contribution in [2.75, 3.05) is 32.5 Å². The van der Waals surface area contributed by atoms with Crippen LogP contribution in [-0.4, -0.2) is 51.5 Å². The van der Waals surface area contributed by atoms with Crippen molar-refractivity contribution < 1.29 is 8.42 Å². The summed E-state index contributed by atoms with van der Waals surface area (Å²) in [6, 6.07) is 3.83. The van der Waals surface area contributed by atoms with Gasteiger partial charge in [-0.2, -0.15) is 0 Å². The van der Waals surface area contributed by atoms with Gasteiger partial charge in [-0.15, -0.1) is 0 Å². The molecule has 106 valence electrons. The second kappa shape index (κ2) is 5.85. The minimum Gasteiger partial charge on any atom is -0.373 e. The summed E-state index contributed by atoms with van der Waals surface area (Å²) in [6.45, 7) is 1.15. The van der Waals surface area contributed by atoms with Gasteiger partial charge in [-0.05, 0) is 32.0 Å². The van der Waals surface area contributed by atoms with E-state index >= 15 is 0 Å². The molecular weight excluding hydrogens is 264 g/mol. The molecule has 0 radical (unpaired) electrons. The second-order valence-corrected chi connectivity index (χ2v) is 6.51. The number of likely N-dealkylation sites (N-methyl/N-ethyl adjacent to an activating group) is 1. The van der Waals surface area contributed by atoms with E-state index < -0.39 is 10.0 Å². The first-order chi connectivity index (χ1) is 9.03. The van der Waals surface area contributed by atoms with Crippen molar-refractivity contribution in [3.63, 3.8) is 0 Å². The molecule has 19 heavy (non-hydrogen) atoms. The minimum absolute atomic E-state index is 0.195. The summed E-state index contributed by atoms with van der Waals surface area (Å²) >= 11 is 0. The van der Waals surface area contributed by atoms with Gasteiger partial charge in [0.1, 0.15) is 10.7 Å². The fourth-order valence-corrected chi connectivity index (χ4v) is 2.79. The highest BCUT2D eigenvalue weighted by Gasteiger charge is 2.25. The smallest absolute Gasteiger partial charge is 0.242 e. The molecule has 0 aliphatic heterocycles. The highest BCUT2D eigenvalue weighted by atomic mass is 32.2. The van der Waals surface area contributed by atoms with Gasteiger partial charge in [0, 0.05) is 32.4 Å². The van der Waals surface area contributed by atoms with Crippen molar-refractivity contribution in [2.45, 2.75) is 23.8 Å². The van der Waals surface area contributed by atoms with Gasteiger partial charge in [-0.25, -0.2) is 18.1 Å². The quantitative estimate of drug-likeness (QED) is 0.762. The first-order valence-electron chi connectivity index (χ1n) is 6.36. The van der Waals surface area contributed by atoms with Crippen LogP contribution in [0.1, 0.15) is 12.8 Å². The second-order valence-electron chi connectivity index (χ2n) is 4.74. The molecule has 0 bridgehead atoms. The fourth-order valence-electron chi connectivity index (χ4n) is 1.82. The van der Waals surface area contributed by atoms with Crippen molar-refractivity contribution in [1.29, 1.82) is 0 Å². The molecular formula is C12H20N4O2S. The SMILES string of the molecule is CNc1ccc(S(=O)(=O)NCCN(C)C2CC2)cn1. The summed E-state index contributed by atoms with van der Waals surface area (Å²) in [5.41, 5.74) is 0. The van der Waals surface area contributed by atoms with Crippen molar-refractivity contribution in [3.05, 3.63) is 18.3 Å². The van der Waals surface area contributed by atoms with Crippen molar-refractivity contribution >= 4 is 15.8 Å². The van der Waals surface area contributed by atoms with Gasteiger partial charge in [0.05, 0.1) is 0 Å². The van der Waals surface area contributed by atoms with E-state index in [1.165, 1.54) is 19.0 Å². The molecule has 1 heterocycles. The zero-order valence-corrected chi connectivity index (χ0v) is 12.1. The predicted octanol–water partition coefficient (Wildman–Crippen LogP) is 0.496. The third kappa shape index (κ3) is 3.89. The lowest BCUT2D eigenvalue weighted by molar-refractivity contribution is 0.329. The van der Waals surface area contributed by atoms with Crippen molar-refractivity contribution in [3.8, 4) is 0 Å². The molecule has 2 N–H and O–H groups in total. The maximum atomic E-state index is 12.0. The van der Waals surface area contributed by atoms with E-state index in [2.05, 4.69) is 19.9 Å². The number of hydrogen-bond acceptors (Lipinski definition) is 5. The normalized spacial score (nSPS) is 15.7. The van der Waals surface area contributed by atoms with Gasteiger partial charge < -0.3 is 10.2 Å². The topological polar surface area (TPSA) is 74.3 Å². The molecule has 0 unspecified atom stereocenters. The first kappa shape index (κ1) is 14.2. The number of aromatic nitrogens is 1. The first-order valence-corrected chi connectivity index (χ1v) is 7.85. The Morgan fingerprint density at radius 2 is 2.16 bits per heavy atom. The Morgan fingerprint density at radius 1 is 1.42 bits per heavy atom. The van der Waals surface area contributed by atoms with Gasteiger partial charge in [0.2, 0.25) is 10.0 Å². The maximum absolute atomic E-state index is 12.0. The fraction of sp³-hybridized carbons (Fsp3) is 0.583. The van der Waals surface area contributed by atoms with Crippen LogP contribution in [0.25, 0.3) is 0 Å². The maximum Gasteiger partial charge on any atom is 0.242 e. The van der Waals surface area contributed by atoms with Crippen LogP contribution in [-0.2, 0) is 10.0 Å². The Labute approximate surface area is 114 Å². The van der Waals surface area contributed by atoms with Crippen LogP contribution in [0.15, 0.2) is 23.2 Å². The number of nitrogens with one attached hydrogen (secondary N) is 2. The van der Waals surface area contributed by atoms with Crippen LogP contribution >= 0.6 is 0 Å². The summed E-state index contributed by atoms with van der Waals surface area (Å²) in [4.78, 5) is 6.38. The predicted molar refractivity (Wildman–Crippen MR) is 74.6 cm³/mol. The number of anilines is 1. The molecule has 0 spiro atoms. The van der Waals surface area contributed by atoms with E-state index in [1.807, 2.05) is 7.05 Å². The molecule has 7 heteroatoms. The monoisotopic (exact) mass is 284 g/mol. The van der Waals surface area contributed by atoms with Crippen LogP contribution in [0.3, 0.4) is 0 Å². The highest BCUT2D eigenvalue weighted by Crippen LogP contribution is 2.24. The lowest BCUT2D eigenvalue weighted by atomic mass is 10.5. The van der Waals surface area contributed by atoms with Gasteiger partial charge >= 0.3 is 0 Å². The zero-order chi connectivity index (χ0) is 13.9. The molecule has 0 amide bonds. The lowest BCUT2D eigenvalue weighted by Crippen LogP contribution is -2.34. The standard InChI is InChI=1S/C12H20N4O2S/c1-13-12-6-5-11(9-14-12)19(17,18)15-7-8-16(2)10-3-4-10/h5-6,9-10,15H,3-4,7-8H2,1-2H3,(H,13,14). The largest absolute Gasteiger partial charge is 0.373 e. The van der Waals surface area contributed by atoms with Crippen molar-refractivity contribution in [2.24, 2.45) is 0 Å². The summed E-state index contributed by atoms with van der Waals surface area (Å²) in [6.07, 6.45) is 3.80. The van der Waals surface area contributed by atoms with Crippen LogP contribution in [0.4, 0.5) is 5.82 Å². The third-order valence-electron chi connectivity index (χ3n) is 3.23. The van der Waals surface area contributed by atoms with Crippen LogP contribution < -0.4 is 10.0 Å². The van der Waals surface area contributed by atoms with E-state index in [1.54, 1.807) is 19.2 Å². The minimum atomic E-state index is -3.45. The molecule has 1 aliphatic rings. The van der Waals surface area contributed by atoms with Gasteiger partial charge in [-0.1, -0.05) is 0 Å². The van der Waals surface area contributed by atoms with Gasteiger partial charge in [0.25, 0.3) is 0 Å². The summed E-state index contributed by atoms with van der Waals surface area (Å²) < 4.78 is 26.6. The van der Waals surface area contributed by atoms with Crippen LogP contribution in [0, 0.1) is 0 Å². The summed E-state index contributed by atoms with van der Waals surface area (Å²) in [5.74, 6) is 0.646. The molecule has 2 rings (SSSR count). The molecule has 1 aromatic rings. The van der Waals surface area contributed by atoms with Crippen LogP contribution in [0.5, 0.6) is 0 Å². The Kier molecular flexibility index (Phi) is 4.38. The third-order valence-corrected chi connectivity index (χ3v) is 4.68. The molecule has 0 saturated heterocycles. The van der Waals surface area contributed by atoms with E-state index in [0.29, 0.717) is 18.4 Å². The molecule has 6 nitrogen and oxygen atoms in total. The summed E-state index contributed by atoms with van der Waals surface area (Å²) in [7, 11) is 0.308. The molecule has 1 aliphatic carbocycles. The number of pyridine rings is 1. The molecule has 1 fully saturated rings. The average molecular weight is 284 g/mol. The average Bonchev–Trinajstić information content (AvgIpc) is 3.23. The number of rotatable bonds is 7. The number of nitrogens with zero attached hydrogens (tertiary/aromatic N) is 2. The molecule has 0 atom stereocenters. The van der Waals surface area contributed by atoms with E-state index in [0.717, 1.165) is 6.54 Å². The lowest BCUT2D eigenvalue weighted by Gasteiger charge is -2.15. The number of hydrogen-bond donors (Lipinski definition) is 2. The van der Waals surface area contributed by atoms with E-state index in [-0.39, 0.29) is 4.90 Å². The molecule has 1 saturated carbocycles.